The number of ether oxygens (including phenoxy) is 1. The average Bonchev–Trinajstić information content (AvgIpc) is 2.35. The summed E-state index contributed by atoms with van der Waals surface area (Å²) >= 11 is 0. The molecule has 0 aliphatic heterocycles. The normalized spacial score (nSPS) is 11.2. The highest BCUT2D eigenvalue weighted by molar-refractivity contribution is 5.76. The number of carbonyl (C=O) groups excluding carboxylic acids is 1. The van der Waals surface area contributed by atoms with Crippen LogP contribution in [0.25, 0.3) is 0 Å². The number of hydrogen-bond acceptors (Lipinski definition) is 3. The third-order valence-electron chi connectivity index (χ3n) is 2.10. The van der Waals surface area contributed by atoms with Gasteiger partial charge in [0.1, 0.15) is 5.75 Å². The molecular formula is C12H14F3NO3. The third kappa shape index (κ3) is 6.66. The van der Waals surface area contributed by atoms with Crippen LogP contribution in [0.3, 0.4) is 0 Å². The van der Waals surface area contributed by atoms with Crippen LogP contribution in [0.4, 0.5) is 13.2 Å². The van der Waals surface area contributed by atoms with Crippen molar-refractivity contribution in [1.29, 1.82) is 0 Å². The molecule has 0 unspecified atom stereocenters. The molecule has 0 fully saturated rings. The fourth-order valence-electron chi connectivity index (χ4n) is 1.23. The first-order valence-electron chi connectivity index (χ1n) is 5.60. The first-order valence-corrected chi connectivity index (χ1v) is 5.60. The number of alkyl halides is 3. The number of amides is 1. The van der Waals surface area contributed by atoms with Crippen molar-refractivity contribution in [1.82, 2.24) is 5.48 Å². The van der Waals surface area contributed by atoms with E-state index in [1.165, 1.54) is 0 Å². The summed E-state index contributed by atoms with van der Waals surface area (Å²) in [6, 6.07) is 7.08. The van der Waals surface area contributed by atoms with Crippen LogP contribution in [0, 0.1) is 0 Å². The highest BCUT2D eigenvalue weighted by Crippen LogP contribution is 2.14. The second kappa shape index (κ2) is 6.98. The van der Waals surface area contributed by atoms with Crippen LogP contribution in [0.1, 0.15) is 12.5 Å². The lowest BCUT2D eigenvalue weighted by molar-refractivity contribution is -0.192. The van der Waals surface area contributed by atoms with Crippen LogP contribution in [-0.4, -0.2) is 25.3 Å². The molecule has 19 heavy (non-hydrogen) atoms. The van der Waals surface area contributed by atoms with E-state index >= 15 is 0 Å². The number of nitrogens with one attached hydrogen (secondary N) is 1. The number of carbonyl (C=O) groups is 1. The van der Waals surface area contributed by atoms with Gasteiger partial charge < -0.3 is 4.74 Å². The molecule has 0 saturated carbocycles. The largest absolute Gasteiger partial charge is 0.484 e. The Labute approximate surface area is 108 Å². The Morgan fingerprint density at radius 2 is 2.11 bits per heavy atom. The highest BCUT2D eigenvalue weighted by Gasteiger charge is 2.28. The lowest BCUT2D eigenvalue weighted by atomic mass is 10.2. The van der Waals surface area contributed by atoms with Crippen molar-refractivity contribution in [3.05, 3.63) is 29.8 Å². The summed E-state index contributed by atoms with van der Waals surface area (Å²) in [6.45, 7) is 0.0197. The van der Waals surface area contributed by atoms with Crippen molar-refractivity contribution in [3.8, 4) is 5.75 Å². The van der Waals surface area contributed by atoms with Gasteiger partial charge >= 0.3 is 6.18 Å². The molecule has 1 aromatic rings. The summed E-state index contributed by atoms with van der Waals surface area (Å²) in [5.74, 6) is -0.309. The number of aryl methyl sites for hydroxylation is 1. The summed E-state index contributed by atoms with van der Waals surface area (Å²) in [6.07, 6.45) is -3.66. The fraction of sp³-hybridized carbons (Fsp3) is 0.417. The fourth-order valence-corrected chi connectivity index (χ4v) is 1.23. The van der Waals surface area contributed by atoms with Crippen molar-refractivity contribution < 1.29 is 27.5 Å². The molecule has 1 rings (SSSR count). The van der Waals surface area contributed by atoms with Gasteiger partial charge in [0.25, 0.3) is 5.91 Å². The zero-order valence-corrected chi connectivity index (χ0v) is 10.3. The minimum absolute atomic E-state index is 0.412. The molecule has 0 aromatic heterocycles. The van der Waals surface area contributed by atoms with E-state index in [1.54, 1.807) is 23.7 Å². The molecule has 0 heterocycles. The van der Waals surface area contributed by atoms with Crippen LogP contribution in [-0.2, 0) is 16.1 Å². The summed E-state index contributed by atoms with van der Waals surface area (Å²) in [5, 5.41) is 0. The predicted octanol–water partition coefficient (Wildman–Crippen LogP) is 2.24. The summed E-state index contributed by atoms with van der Waals surface area (Å²) < 4.78 is 40.3. The van der Waals surface area contributed by atoms with E-state index in [9.17, 15) is 18.0 Å². The maximum absolute atomic E-state index is 11.7. The molecule has 0 aliphatic carbocycles. The number of halogens is 3. The number of hydrogen-bond donors (Lipinski definition) is 1. The SMILES string of the molecule is CCc1cccc(OCC(=O)NOCC(F)(F)F)c1. The third-order valence-corrected chi connectivity index (χ3v) is 2.10. The summed E-state index contributed by atoms with van der Waals surface area (Å²) in [7, 11) is 0. The summed E-state index contributed by atoms with van der Waals surface area (Å²) in [4.78, 5) is 15.1. The van der Waals surface area contributed by atoms with E-state index in [2.05, 4.69) is 4.84 Å². The molecule has 0 saturated heterocycles. The monoisotopic (exact) mass is 277 g/mol. The van der Waals surface area contributed by atoms with Gasteiger partial charge in [-0.2, -0.15) is 13.2 Å². The highest BCUT2D eigenvalue weighted by atomic mass is 19.4. The van der Waals surface area contributed by atoms with Gasteiger partial charge in [0.2, 0.25) is 0 Å². The molecule has 0 atom stereocenters. The smallest absolute Gasteiger partial charge is 0.414 e. The second-order valence-corrected chi connectivity index (χ2v) is 3.72. The first-order chi connectivity index (χ1) is 8.90. The van der Waals surface area contributed by atoms with Crippen LogP contribution in [0.5, 0.6) is 5.75 Å². The Bertz CT molecular complexity index is 421. The van der Waals surface area contributed by atoms with Gasteiger partial charge in [0.05, 0.1) is 0 Å². The van der Waals surface area contributed by atoms with Crippen LogP contribution in [0.2, 0.25) is 0 Å². The Hall–Kier alpha value is -1.76. The Kier molecular flexibility index (Phi) is 5.62. The van der Waals surface area contributed by atoms with Crippen molar-refractivity contribution >= 4 is 5.91 Å². The predicted molar refractivity (Wildman–Crippen MR) is 61.5 cm³/mol. The molecular weight excluding hydrogens is 263 g/mol. The molecule has 1 N–H and O–H groups in total. The Morgan fingerprint density at radius 3 is 2.74 bits per heavy atom. The van der Waals surface area contributed by atoms with E-state index in [4.69, 9.17) is 4.74 Å². The van der Waals surface area contributed by atoms with E-state index in [0.717, 1.165) is 12.0 Å². The maximum atomic E-state index is 11.7. The van der Waals surface area contributed by atoms with Crippen molar-refractivity contribution in [3.63, 3.8) is 0 Å². The lowest BCUT2D eigenvalue weighted by Gasteiger charge is -2.09. The molecule has 7 heteroatoms. The molecule has 0 aliphatic rings. The van der Waals surface area contributed by atoms with E-state index in [-0.39, 0.29) is 0 Å². The van der Waals surface area contributed by atoms with E-state index < -0.39 is 25.3 Å². The van der Waals surface area contributed by atoms with Gasteiger partial charge in [-0.3, -0.25) is 9.63 Å². The van der Waals surface area contributed by atoms with Crippen LogP contribution in [0.15, 0.2) is 24.3 Å². The maximum Gasteiger partial charge on any atom is 0.414 e. The summed E-state index contributed by atoms with van der Waals surface area (Å²) in [5.41, 5.74) is 2.69. The molecule has 4 nitrogen and oxygen atoms in total. The van der Waals surface area contributed by atoms with Crippen molar-refractivity contribution in [2.24, 2.45) is 0 Å². The van der Waals surface area contributed by atoms with E-state index in [1.807, 2.05) is 13.0 Å². The molecule has 0 radical (unpaired) electrons. The molecule has 1 aromatic carbocycles. The standard InChI is InChI=1S/C12H14F3NO3/c1-2-9-4-3-5-10(6-9)18-7-11(17)16-19-8-12(13,14)15/h3-6H,2,7-8H2,1H3,(H,16,17). The molecule has 1 amide bonds. The zero-order valence-electron chi connectivity index (χ0n) is 10.3. The van der Waals surface area contributed by atoms with E-state index in [0.29, 0.717) is 5.75 Å². The van der Waals surface area contributed by atoms with Crippen molar-refractivity contribution in [2.45, 2.75) is 19.5 Å². The number of hydroxylamine groups is 1. The first kappa shape index (κ1) is 15.3. The van der Waals surface area contributed by atoms with Gasteiger partial charge in [-0.1, -0.05) is 19.1 Å². The lowest BCUT2D eigenvalue weighted by Crippen LogP contribution is -2.32. The number of rotatable bonds is 6. The quantitative estimate of drug-likeness (QED) is 0.811. The molecule has 0 spiro atoms. The van der Waals surface area contributed by atoms with Gasteiger partial charge in [-0.15, -0.1) is 0 Å². The van der Waals surface area contributed by atoms with Crippen LogP contribution < -0.4 is 10.2 Å². The Balaban J connectivity index is 2.29. The number of benzene rings is 1. The Morgan fingerprint density at radius 1 is 1.37 bits per heavy atom. The minimum Gasteiger partial charge on any atom is -0.484 e. The van der Waals surface area contributed by atoms with Gasteiger partial charge in [-0.25, -0.2) is 5.48 Å². The van der Waals surface area contributed by atoms with Crippen molar-refractivity contribution in [2.75, 3.05) is 13.2 Å². The molecule has 0 bridgehead atoms. The zero-order chi connectivity index (χ0) is 14.3. The van der Waals surface area contributed by atoms with Gasteiger partial charge in [-0.05, 0) is 24.1 Å². The minimum atomic E-state index is -4.48. The second-order valence-electron chi connectivity index (χ2n) is 3.72. The van der Waals surface area contributed by atoms with Gasteiger partial charge in [0, 0.05) is 0 Å². The van der Waals surface area contributed by atoms with Crippen LogP contribution >= 0.6 is 0 Å². The van der Waals surface area contributed by atoms with Gasteiger partial charge in [0.15, 0.2) is 13.2 Å². The topological polar surface area (TPSA) is 47.6 Å². The average molecular weight is 277 g/mol. The molecule has 106 valence electrons.